The molecule has 0 amide bonds. The van der Waals surface area contributed by atoms with Gasteiger partial charge in [-0.3, -0.25) is 4.90 Å². The quantitative estimate of drug-likeness (QED) is 0.245. The fraction of sp³-hybridized carbons (Fsp3) is 0.444. The minimum atomic E-state index is -3.42. The molecule has 0 aliphatic carbocycles. The van der Waals surface area contributed by atoms with Gasteiger partial charge in [0, 0.05) is 57.1 Å². The SMILES string of the molecule is COc1cc(N2CCC(N3CCN(C)CC3)CC2)ccc1Nc1nc(C)nc(Nc2ccccc2S(=O)(=O)[IH+])n1. The fourth-order valence-electron chi connectivity index (χ4n) is 5.28. The molecule has 2 aliphatic rings. The standard InChI is InChI=1S/C27H36IN8O3S/c1-19-29-26(33-27(30-19)32-23-6-4-5-7-25(23)40(28,37)38)31-22-9-8-21(18-24(22)39-3)35-12-10-20(11-13-35)36-16-14-34(2)15-17-36/h4-9,18,20,28H,10-17H2,1-3H3,(H2,29,30,31,32,33)/q+1. The van der Waals surface area contributed by atoms with Gasteiger partial charge < -0.3 is 25.2 Å². The van der Waals surface area contributed by atoms with Crippen molar-refractivity contribution < 1.29 is 34.4 Å². The molecular weight excluding hydrogens is 643 g/mol. The van der Waals surface area contributed by atoms with Crippen molar-refractivity contribution in [2.45, 2.75) is 30.7 Å². The third kappa shape index (κ3) is 6.93. The molecular formula is C27H36IN8O3S+. The number of ether oxygens (including phenoxy) is 1. The molecule has 40 heavy (non-hydrogen) atoms. The number of piperidine rings is 1. The molecule has 11 nitrogen and oxygen atoms in total. The Hall–Kier alpha value is -2.75. The van der Waals surface area contributed by atoms with Crippen LogP contribution in [0.1, 0.15) is 18.7 Å². The van der Waals surface area contributed by atoms with Gasteiger partial charge in [0.05, 0.1) is 18.5 Å². The van der Waals surface area contributed by atoms with Gasteiger partial charge in [0.25, 0.3) is 0 Å². The van der Waals surface area contributed by atoms with Gasteiger partial charge in [0.2, 0.25) is 11.9 Å². The molecule has 5 rings (SSSR count). The molecule has 214 valence electrons. The maximum absolute atomic E-state index is 12.2. The van der Waals surface area contributed by atoms with Crippen LogP contribution in [0.5, 0.6) is 5.75 Å². The molecule has 0 radical (unpaired) electrons. The van der Waals surface area contributed by atoms with E-state index in [-0.39, 0.29) is 10.8 Å². The van der Waals surface area contributed by atoms with Gasteiger partial charge in [-0.1, -0.05) is 12.1 Å². The second kappa shape index (κ2) is 12.4. The zero-order chi connectivity index (χ0) is 28.3. The summed E-state index contributed by atoms with van der Waals surface area (Å²) in [6, 6.07) is 13.5. The fourth-order valence-corrected chi connectivity index (χ4v) is 7.16. The molecule has 2 saturated heterocycles. The number of halogens is 1. The predicted octanol–water partition coefficient (Wildman–Crippen LogP) is -0.134. The Morgan fingerprint density at radius 1 is 0.900 bits per heavy atom. The van der Waals surface area contributed by atoms with E-state index >= 15 is 0 Å². The average Bonchev–Trinajstić information content (AvgIpc) is 2.93. The molecule has 0 bridgehead atoms. The van der Waals surface area contributed by atoms with Crippen LogP contribution in [0.25, 0.3) is 0 Å². The van der Waals surface area contributed by atoms with Gasteiger partial charge in [0.1, 0.15) is 16.5 Å². The van der Waals surface area contributed by atoms with Gasteiger partial charge in [-0.05, 0) is 51.1 Å². The van der Waals surface area contributed by atoms with Crippen LogP contribution in [0.15, 0.2) is 47.4 Å². The van der Waals surface area contributed by atoms with Crippen molar-refractivity contribution in [1.82, 2.24) is 24.8 Å². The highest BCUT2D eigenvalue weighted by molar-refractivity contribution is 7.84. The van der Waals surface area contributed by atoms with E-state index in [0.717, 1.165) is 84.7 Å². The van der Waals surface area contributed by atoms with Crippen molar-refractivity contribution in [3.8, 4) is 5.75 Å². The van der Waals surface area contributed by atoms with E-state index < -0.39 is 7.01 Å². The second-order valence-corrected chi connectivity index (χ2v) is 15.3. The Kier molecular flexibility index (Phi) is 8.92. The summed E-state index contributed by atoms with van der Waals surface area (Å²) in [6.45, 7) is 8.41. The Morgan fingerprint density at radius 3 is 2.20 bits per heavy atom. The second-order valence-electron chi connectivity index (χ2n) is 10.2. The minimum Gasteiger partial charge on any atom is -0.494 e. The van der Waals surface area contributed by atoms with Crippen LogP contribution < -0.4 is 41.5 Å². The van der Waals surface area contributed by atoms with Crippen LogP contribution in [0.4, 0.5) is 29.0 Å². The van der Waals surface area contributed by atoms with Gasteiger partial charge in [-0.25, -0.2) is 0 Å². The topological polar surface area (TPSA) is 116 Å². The summed E-state index contributed by atoms with van der Waals surface area (Å²) >= 11 is 1.09. The van der Waals surface area contributed by atoms with E-state index in [1.807, 2.05) is 12.1 Å². The third-order valence-electron chi connectivity index (χ3n) is 7.47. The summed E-state index contributed by atoms with van der Waals surface area (Å²) in [4.78, 5) is 20.9. The van der Waals surface area contributed by atoms with Crippen molar-refractivity contribution >= 4 is 36.0 Å². The van der Waals surface area contributed by atoms with Crippen LogP contribution in [0, 0.1) is 6.92 Å². The van der Waals surface area contributed by atoms with E-state index in [4.69, 9.17) is 4.74 Å². The molecule has 3 aromatic rings. The number of hydrogen-bond donors (Lipinski definition) is 2. The molecule has 0 saturated carbocycles. The lowest BCUT2D eigenvalue weighted by Crippen LogP contribution is -3.36. The highest BCUT2D eigenvalue weighted by Gasteiger charge is 2.27. The normalized spacial score (nSPS) is 17.6. The van der Waals surface area contributed by atoms with Gasteiger partial charge in [-0.2, -0.15) is 23.4 Å². The number of nitrogens with zero attached hydrogens (tertiary/aromatic N) is 6. The monoisotopic (exact) mass is 679 g/mol. The Balaban J connectivity index is 1.28. The van der Waals surface area contributed by atoms with Crippen LogP contribution in [-0.2, 0) is 7.01 Å². The smallest absolute Gasteiger partial charge is 0.404 e. The van der Waals surface area contributed by atoms with Crippen molar-refractivity contribution in [2.75, 3.05) is 69.0 Å². The largest absolute Gasteiger partial charge is 0.494 e. The Bertz CT molecular complexity index is 1440. The lowest BCUT2D eigenvalue weighted by molar-refractivity contribution is -0.164. The number of piperazine rings is 1. The summed E-state index contributed by atoms with van der Waals surface area (Å²) in [5.74, 6) is 1.74. The van der Waals surface area contributed by atoms with E-state index in [2.05, 4.69) is 53.4 Å². The number of aromatic nitrogens is 3. The highest BCUT2D eigenvalue weighted by Crippen LogP contribution is 2.33. The highest BCUT2D eigenvalue weighted by atomic mass is 127. The number of nitrogens with one attached hydrogen (secondary N) is 2. The summed E-state index contributed by atoms with van der Waals surface area (Å²) in [6.07, 6.45) is 2.32. The third-order valence-corrected chi connectivity index (χ3v) is 9.90. The lowest BCUT2D eigenvalue weighted by Gasteiger charge is -2.42. The Morgan fingerprint density at radius 2 is 1.55 bits per heavy atom. The number of hydrogen-bond acceptors (Lipinski definition) is 11. The first-order chi connectivity index (χ1) is 19.2. The summed E-state index contributed by atoms with van der Waals surface area (Å²) in [5, 5.41) is 6.28. The first-order valence-electron chi connectivity index (χ1n) is 13.4. The Labute approximate surface area is 247 Å². The van der Waals surface area contributed by atoms with E-state index in [0.29, 0.717) is 29.3 Å². The van der Waals surface area contributed by atoms with E-state index in [1.165, 1.54) is 0 Å². The minimum absolute atomic E-state index is 0.178. The maximum Gasteiger partial charge on any atom is 0.404 e. The average molecular weight is 680 g/mol. The van der Waals surface area contributed by atoms with Crippen LogP contribution in [0.3, 0.4) is 0 Å². The summed E-state index contributed by atoms with van der Waals surface area (Å²) < 4.78 is 30.1. The lowest BCUT2D eigenvalue weighted by atomic mass is 10.0. The predicted molar refractivity (Wildman–Crippen MR) is 153 cm³/mol. The van der Waals surface area contributed by atoms with Gasteiger partial charge >= 0.3 is 28.2 Å². The number of benzene rings is 2. The summed E-state index contributed by atoms with van der Waals surface area (Å²) in [7, 11) is 0.430. The van der Waals surface area contributed by atoms with Gasteiger partial charge in [-0.15, -0.1) is 0 Å². The first kappa shape index (κ1) is 28.8. The van der Waals surface area contributed by atoms with Crippen molar-refractivity contribution in [3.05, 3.63) is 48.3 Å². The van der Waals surface area contributed by atoms with E-state index in [1.54, 1.807) is 38.3 Å². The number of anilines is 5. The van der Waals surface area contributed by atoms with E-state index in [9.17, 15) is 8.42 Å². The zero-order valence-corrected chi connectivity index (χ0v) is 26.1. The molecule has 3 heterocycles. The number of aryl methyl sites for hydroxylation is 1. The van der Waals surface area contributed by atoms with Crippen LogP contribution in [-0.4, -0.2) is 92.6 Å². The molecule has 2 fully saturated rings. The molecule has 0 unspecified atom stereocenters. The molecule has 2 N–H and O–H groups in total. The maximum atomic E-state index is 12.2. The number of para-hydroxylation sites is 1. The first-order valence-corrected chi connectivity index (χ1v) is 17.6. The molecule has 1 aromatic heterocycles. The zero-order valence-electron chi connectivity index (χ0n) is 23.0. The van der Waals surface area contributed by atoms with Crippen LogP contribution in [0.2, 0.25) is 0 Å². The molecule has 13 heteroatoms. The molecule has 0 spiro atoms. The van der Waals surface area contributed by atoms with Crippen molar-refractivity contribution in [3.63, 3.8) is 0 Å². The number of likely N-dealkylation sites (N-methyl/N-ethyl adjacent to an activating group) is 1. The number of methoxy groups -OCH3 is 1. The van der Waals surface area contributed by atoms with Crippen molar-refractivity contribution in [1.29, 1.82) is 0 Å². The molecule has 2 aromatic carbocycles. The summed E-state index contributed by atoms with van der Waals surface area (Å²) in [5.41, 5.74) is 2.26. The van der Waals surface area contributed by atoms with Gasteiger partial charge in [0.15, 0.2) is 0 Å². The van der Waals surface area contributed by atoms with Crippen molar-refractivity contribution in [2.24, 2.45) is 0 Å². The molecule has 0 atom stereocenters. The molecule has 2 aliphatic heterocycles. The number of rotatable bonds is 8. The van der Waals surface area contributed by atoms with Crippen LogP contribution >= 0.6 is 0 Å².